The van der Waals surface area contributed by atoms with Crippen LogP contribution in [0.5, 0.6) is 0 Å². The Morgan fingerprint density at radius 1 is 0.538 bits per heavy atom. The lowest BCUT2D eigenvalue weighted by Gasteiger charge is -2.57. The zero-order chi connectivity index (χ0) is 34.1. The van der Waals surface area contributed by atoms with E-state index < -0.39 is 0 Å². The van der Waals surface area contributed by atoms with Crippen molar-refractivity contribution in [2.45, 2.75) is 82.0 Å². The first-order valence-corrected chi connectivity index (χ1v) is 20.9. The van der Waals surface area contributed by atoms with Crippen LogP contribution in [0.4, 0.5) is 0 Å². The van der Waals surface area contributed by atoms with Gasteiger partial charge in [-0.25, -0.2) is 15.0 Å². The van der Waals surface area contributed by atoms with Gasteiger partial charge in [0.2, 0.25) is 0 Å². The summed E-state index contributed by atoms with van der Waals surface area (Å²) in [5, 5.41) is 2.15. The summed E-state index contributed by atoms with van der Waals surface area (Å²) in [4.78, 5) is 15.6. The number of halogens is 1. The summed E-state index contributed by atoms with van der Waals surface area (Å²) in [5.41, 5.74) is 8.24. The van der Waals surface area contributed by atoms with Crippen molar-refractivity contribution in [3.05, 3.63) is 101 Å². The van der Waals surface area contributed by atoms with Gasteiger partial charge in [0.25, 0.3) is 0 Å². The number of hydrogen-bond acceptors (Lipinski definition) is 4. The molecule has 0 spiro atoms. The minimum Gasteiger partial charge on any atom is -0.455 e. The van der Waals surface area contributed by atoms with Crippen molar-refractivity contribution >= 4 is 37.9 Å². The maximum absolute atomic E-state index is 6.26. The molecule has 8 saturated carbocycles. The van der Waals surface area contributed by atoms with E-state index in [4.69, 9.17) is 19.4 Å². The van der Waals surface area contributed by atoms with Gasteiger partial charge in [0.05, 0.1) is 4.47 Å². The maximum atomic E-state index is 6.26. The molecule has 260 valence electrons. The number of furan rings is 1. The van der Waals surface area contributed by atoms with Crippen LogP contribution in [-0.4, -0.2) is 15.0 Å². The molecule has 4 aromatic carbocycles. The largest absolute Gasteiger partial charge is 0.455 e. The summed E-state index contributed by atoms with van der Waals surface area (Å²) in [6.07, 6.45) is 15.8. The van der Waals surface area contributed by atoms with Crippen LogP contribution in [0.25, 0.3) is 56.1 Å². The summed E-state index contributed by atoms with van der Waals surface area (Å²) in [7, 11) is 0. The standard InChI is InChI=1S/C47H44BrN3O/c48-40-3-1-2-38-39-22-34(10-13-41(39)52-43(38)40)46-50-44(32-6-4-31(5-7-32)42-35-18-26-14-27(20-35)21-36(42)19-26)49-45(51-46)33-8-11-37(12-9-33)47-23-28-15-29(24-47)17-30(16-28)25-47/h1-13,22,26-30,35-36,42H,14-21,23-25H2. The molecule has 2 heterocycles. The van der Waals surface area contributed by atoms with Crippen molar-refractivity contribution in [2.24, 2.45) is 41.4 Å². The number of hydrogen-bond donors (Lipinski definition) is 0. The molecule has 5 heteroatoms. The van der Waals surface area contributed by atoms with Crippen LogP contribution in [0.1, 0.15) is 87.7 Å². The SMILES string of the molecule is Brc1cccc2c1oc1ccc(-c3nc(-c4ccc(C5C6CC7CC(C6)CC5C7)cc4)nc(-c4ccc(C56CC7CC(CC(C7)C5)C6)cc4)n3)cc12. The van der Waals surface area contributed by atoms with Crippen molar-refractivity contribution in [3.63, 3.8) is 0 Å². The Balaban J connectivity index is 0.938. The van der Waals surface area contributed by atoms with Gasteiger partial charge in [-0.3, -0.25) is 0 Å². The summed E-state index contributed by atoms with van der Waals surface area (Å²) in [5.74, 6) is 9.40. The smallest absolute Gasteiger partial charge is 0.164 e. The number of para-hydroxylation sites is 1. The van der Waals surface area contributed by atoms with Crippen LogP contribution in [-0.2, 0) is 5.41 Å². The Hall–Kier alpha value is -3.83. The molecule has 0 unspecified atom stereocenters. The molecule has 0 amide bonds. The molecule has 8 aliphatic rings. The Morgan fingerprint density at radius 2 is 1.08 bits per heavy atom. The molecule has 0 radical (unpaired) electrons. The van der Waals surface area contributed by atoms with E-state index in [1.54, 1.807) is 0 Å². The van der Waals surface area contributed by atoms with Gasteiger partial charge in [0, 0.05) is 27.5 Å². The Bertz CT molecular complexity index is 2310. The van der Waals surface area contributed by atoms with Gasteiger partial charge in [-0.2, -0.15) is 0 Å². The van der Waals surface area contributed by atoms with E-state index in [9.17, 15) is 0 Å². The molecule has 0 atom stereocenters. The van der Waals surface area contributed by atoms with Crippen molar-refractivity contribution in [1.29, 1.82) is 0 Å². The third-order valence-electron chi connectivity index (χ3n) is 14.9. The highest BCUT2D eigenvalue weighted by atomic mass is 79.9. The topological polar surface area (TPSA) is 51.8 Å². The van der Waals surface area contributed by atoms with Crippen molar-refractivity contribution in [1.82, 2.24) is 15.0 Å². The van der Waals surface area contributed by atoms with Crippen molar-refractivity contribution in [3.8, 4) is 34.2 Å². The van der Waals surface area contributed by atoms with E-state index in [1.807, 2.05) is 6.07 Å². The lowest BCUT2D eigenvalue weighted by molar-refractivity contribution is -0.00518. The zero-order valence-corrected chi connectivity index (χ0v) is 31.2. The van der Waals surface area contributed by atoms with E-state index in [0.717, 1.165) is 102 Å². The van der Waals surface area contributed by atoms with Crippen molar-refractivity contribution < 1.29 is 4.42 Å². The van der Waals surface area contributed by atoms with Gasteiger partial charge in [0.15, 0.2) is 17.5 Å². The van der Waals surface area contributed by atoms with Crippen LogP contribution in [0.2, 0.25) is 0 Å². The highest BCUT2D eigenvalue weighted by Crippen LogP contribution is 2.61. The Labute approximate surface area is 314 Å². The first-order chi connectivity index (χ1) is 25.5. The number of benzene rings is 4. The fourth-order valence-corrected chi connectivity index (χ4v) is 13.9. The maximum Gasteiger partial charge on any atom is 0.164 e. The molecular weight excluding hydrogens is 702 g/mol. The van der Waals surface area contributed by atoms with Crippen molar-refractivity contribution in [2.75, 3.05) is 0 Å². The highest BCUT2D eigenvalue weighted by Gasteiger charge is 2.52. The molecule has 8 aliphatic carbocycles. The molecule has 52 heavy (non-hydrogen) atoms. The molecule has 2 aromatic heterocycles. The second-order valence-corrected chi connectivity index (χ2v) is 18.9. The molecule has 4 nitrogen and oxygen atoms in total. The van der Waals surface area contributed by atoms with E-state index in [1.165, 1.54) is 81.8 Å². The summed E-state index contributed by atoms with van der Waals surface area (Å²) in [6.45, 7) is 0. The van der Waals surface area contributed by atoms with Gasteiger partial charge in [-0.05, 0) is 175 Å². The lowest BCUT2D eigenvalue weighted by atomic mass is 9.48. The van der Waals surface area contributed by atoms with Gasteiger partial charge in [0.1, 0.15) is 11.2 Å². The first kappa shape index (κ1) is 30.6. The second kappa shape index (κ2) is 11.3. The predicted octanol–water partition coefficient (Wildman–Crippen LogP) is 12.5. The Morgan fingerprint density at radius 3 is 1.69 bits per heavy atom. The zero-order valence-electron chi connectivity index (χ0n) is 29.6. The van der Waals surface area contributed by atoms with Gasteiger partial charge < -0.3 is 4.42 Å². The molecule has 0 saturated heterocycles. The number of rotatable bonds is 5. The van der Waals surface area contributed by atoms with E-state index in [2.05, 4.69) is 94.8 Å². The average Bonchev–Trinajstić information content (AvgIpc) is 3.53. The summed E-state index contributed by atoms with van der Waals surface area (Å²) in [6, 6.07) is 31.3. The minimum atomic E-state index is 0.374. The second-order valence-electron chi connectivity index (χ2n) is 18.1. The molecule has 0 aliphatic heterocycles. The molecule has 14 rings (SSSR count). The van der Waals surface area contributed by atoms with Gasteiger partial charge >= 0.3 is 0 Å². The fraction of sp³-hybridized carbons (Fsp3) is 0.426. The van der Waals surface area contributed by atoms with E-state index in [0.29, 0.717) is 11.2 Å². The predicted molar refractivity (Wildman–Crippen MR) is 211 cm³/mol. The normalized spacial score (nSPS) is 32.7. The van der Waals surface area contributed by atoms with Crippen LogP contribution in [0, 0.1) is 41.4 Å². The summed E-state index contributed by atoms with van der Waals surface area (Å²) < 4.78 is 7.22. The van der Waals surface area contributed by atoms with Gasteiger partial charge in [-0.1, -0.05) is 60.7 Å². The van der Waals surface area contributed by atoms with Crippen LogP contribution >= 0.6 is 15.9 Å². The third-order valence-corrected chi connectivity index (χ3v) is 15.5. The van der Waals surface area contributed by atoms with E-state index in [-0.39, 0.29) is 0 Å². The monoisotopic (exact) mass is 745 g/mol. The minimum absolute atomic E-state index is 0.374. The molecule has 0 N–H and O–H groups in total. The van der Waals surface area contributed by atoms with Crippen LogP contribution in [0.3, 0.4) is 0 Å². The molecule has 8 fully saturated rings. The molecule has 8 bridgehead atoms. The molecular formula is C47H44BrN3O. The van der Waals surface area contributed by atoms with E-state index >= 15 is 0 Å². The van der Waals surface area contributed by atoms with Crippen LogP contribution in [0.15, 0.2) is 93.8 Å². The third kappa shape index (κ3) is 4.79. The number of fused-ring (bicyclic) bond motifs is 3. The first-order valence-electron chi connectivity index (χ1n) is 20.1. The quantitative estimate of drug-likeness (QED) is 0.176. The molecule has 6 aromatic rings. The number of nitrogens with zero attached hydrogens (tertiary/aromatic N) is 3. The highest BCUT2D eigenvalue weighted by molar-refractivity contribution is 9.10. The van der Waals surface area contributed by atoms with Gasteiger partial charge in [-0.15, -0.1) is 0 Å². The average molecular weight is 747 g/mol. The number of aromatic nitrogens is 3. The van der Waals surface area contributed by atoms with Crippen LogP contribution < -0.4 is 0 Å². The summed E-state index contributed by atoms with van der Waals surface area (Å²) >= 11 is 3.68. The fourth-order valence-electron chi connectivity index (χ4n) is 13.4. The Kier molecular flexibility index (Phi) is 6.68. The lowest BCUT2D eigenvalue weighted by Crippen LogP contribution is -2.48.